The van der Waals surface area contributed by atoms with Gasteiger partial charge in [0.15, 0.2) is 5.82 Å². The van der Waals surface area contributed by atoms with Crippen LogP contribution in [0.5, 0.6) is 0 Å². The third kappa shape index (κ3) is 2.59. The molecule has 1 saturated heterocycles. The lowest BCUT2D eigenvalue weighted by atomic mass is 9.93. The molecule has 1 aliphatic heterocycles. The Bertz CT molecular complexity index is 674. The van der Waals surface area contributed by atoms with Gasteiger partial charge in [-0.15, -0.1) is 5.10 Å². The van der Waals surface area contributed by atoms with Crippen LogP contribution in [0.4, 0.5) is 5.69 Å². The maximum atomic E-state index is 12.6. The Balaban J connectivity index is 1.81. The fourth-order valence-electron chi connectivity index (χ4n) is 2.90. The normalized spacial score (nSPS) is 21.0. The van der Waals surface area contributed by atoms with Gasteiger partial charge in [-0.2, -0.15) is 4.68 Å². The van der Waals surface area contributed by atoms with Crippen LogP contribution in [-0.4, -0.2) is 38.2 Å². The van der Waals surface area contributed by atoms with Crippen molar-refractivity contribution in [3.8, 4) is 5.69 Å². The highest BCUT2D eigenvalue weighted by molar-refractivity contribution is 5.98. The van der Waals surface area contributed by atoms with Crippen molar-refractivity contribution in [1.29, 1.82) is 0 Å². The molecule has 116 valence electrons. The molecule has 1 amide bonds. The van der Waals surface area contributed by atoms with Crippen molar-refractivity contribution in [2.24, 2.45) is 0 Å². The molecule has 0 saturated carbocycles. The van der Waals surface area contributed by atoms with Gasteiger partial charge in [0, 0.05) is 5.69 Å². The Morgan fingerprint density at radius 2 is 2.36 bits per heavy atom. The van der Waals surface area contributed by atoms with Crippen molar-refractivity contribution >= 4 is 11.6 Å². The summed E-state index contributed by atoms with van der Waals surface area (Å²) >= 11 is 0. The first kappa shape index (κ1) is 14.6. The Labute approximate surface area is 129 Å². The molecular formula is C15H20N6O. The van der Waals surface area contributed by atoms with E-state index in [9.17, 15) is 4.79 Å². The lowest BCUT2D eigenvalue weighted by Crippen LogP contribution is -2.50. The van der Waals surface area contributed by atoms with Crippen molar-refractivity contribution in [3.63, 3.8) is 0 Å². The number of aromatic nitrogens is 4. The molecule has 1 atom stereocenters. The summed E-state index contributed by atoms with van der Waals surface area (Å²) in [5.41, 5.74) is 1.13. The summed E-state index contributed by atoms with van der Waals surface area (Å²) in [4.78, 5) is 12.6. The Morgan fingerprint density at radius 1 is 1.50 bits per heavy atom. The van der Waals surface area contributed by atoms with Crippen LogP contribution in [0.1, 0.15) is 32.0 Å². The zero-order chi connectivity index (χ0) is 15.6. The minimum absolute atomic E-state index is 0.0260. The third-order valence-electron chi connectivity index (χ3n) is 4.26. The Morgan fingerprint density at radius 3 is 3.00 bits per heavy atom. The topological polar surface area (TPSA) is 84.7 Å². The van der Waals surface area contributed by atoms with Crippen LogP contribution in [0.15, 0.2) is 24.3 Å². The number of hydrogen-bond acceptors (Lipinski definition) is 5. The predicted molar refractivity (Wildman–Crippen MR) is 82.8 cm³/mol. The standard InChI is InChI=1S/C15H20N6O/c1-3-15(8-5-9-16-15)14(22)17-12-6-4-7-13(10-12)21-11(2)18-19-20-21/h4,6-7,10,16H,3,5,8-9H2,1-2H3,(H,17,22). The maximum absolute atomic E-state index is 12.6. The number of aryl methyl sites for hydroxylation is 1. The molecule has 7 nitrogen and oxygen atoms in total. The quantitative estimate of drug-likeness (QED) is 0.892. The number of carbonyl (C=O) groups excluding carboxylic acids is 1. The first-order valence-corrected chi connectivity index (χ1v) is 7.56. The summed E-state index contributed by atoms with van der Waals surface area (Å²) in [6.45, 7) is 4.77. The van der Waals surface area contributed by atoms with Gasteiger partial charge in [-0.05, 0) is 61.4 Å². The van der Waals surface area contributed by atoms with Crippen LogP contribution in [-0.2, 0) is 4.79 Å². The number of rotatable bonds is 4. The molecule has 0 bridgehead atoms. The molecule has 0 aliphatic carbocycles. The first-order valence-electron chi connectivity index (χ1n) is 7.56. The third-order valence-corrected chi connectivity index (χ3v) is 4.26. The van der Waals surface area contributed by atoms with Crippen molar-refractivity contribution in [3.05, 3.63) is 30.1 Å². The van der Waals surface area contributed by atoms with Crippen molar-refractivity contribution in [1.82, 2.24) is 25.5 Å². The zero-order valence-corrected chi connectivity index (χ0v) is 12.8. The number of amides is 1. The molecule has 1 aromatic heterocycles. The molecule has 3 rings (SSSR count). The molecule has 22 heavy (non-hydrogen) atoms. The fourth-order valence-corrected chi connectivity index (χ4v) is 2.90. The van der Waals surface area contributed by atoms with Gasteiger partial charge in [0.1, 0.15) is 0 Å². The molecule has 2 aromatic rings. The van der Waals surface area contributed by atoms with Gasteiger partial charge in [-0.25, -0.2) is 0 Å². The SMILES string of the molecule is CCC1(C(=O)Nc2cccc(-n3nnnc3C)c2)CCCN1. The smallest absolute Gasteiger partial charge is 0.244 e. The van der Waals surface area contributed by atoms with Crippen LogP contribution in [0.2, 0.25) is 0 Å². The second-order valence-electron chi connectivity index (χ2n) is 5.61. The molecule has 1 fully saturated rings. The number of benzene rings is 1. The minimum Gasteiger partial charge on any atom is -0.324 e. The van der Waals surface area contributed by atoms with Gasteiger partial charge in [-0.3, -0.25) is 4.79 Å². The molecule has 1 aliphatic rings. The highest BCUT2D eigenvalue weighted by Gasteiger charge is 2.39. The largest absolute Gasteiger partial charge is 0.324 e. The highest BCUT2D eigenvalue weighted by Crippen LogP contribution is 2.25. The molecule has 0 spiro atoms. The first-order chi connectivity index (χ1) is 10.6. The van der Waals surface area contributed by atoms with Crippen LogP contribution in [0.25, 0.3) is 5.69 Å². The highest BCUT2D eigenvalue weighted by atomic mass is 16.2. The van der Waals surface area contributed by atoms with E-state index in [1.807, 2.05) is 38.1 Å². The molecule has 7 heteroatoms. The van der Waals surface area contributed by atoms with Gasteiger partial charge in [0.2, 0.25) is 5.91 Å². The second kappa shape index (κ2) is 5.84. The molecule has 1 unspecified atom stereocenters. The number of nitrogens with one attached hydrogen (secondary N) is 2. The number of carbonyl (C=O) groups is 1. The van der Waals surface area contributed by atoms with Crippen LogP contribution in [0, 0.1) is 6.92 Å². The lowest BCUT2D eigenvalue weighted by molar-refractivity contribution is -0.122. The van der Waals surface area contributed by atoms with E-state index in [0.29, 0.717) is 5.82 Å². The molecule has 0 radical (unpaired) electrons. The average molecular weight is 300 g/mol. The summed E-state index contributed by atoms with van der Waals surface area (Å²) in [6, 6.07) is 7.54. The predicted octanol–water partition coefficient (Wildman–Crippen LogP) is 1.44. The van der Waals surface area contributed by atoms with E-state index in [2.05, 4.69) is 26.2 Å². The van der Waals surface area contributed by atoms with Crippen molar-refractivity contribution in [2.45, 2.75) is 38.6 Å². The van der Waals surface area contributed by atoms with Gasteiger partial charge in [0.25, 0.3) is 0 Å². The minimum atomic E-state index is -0.444. The molecular weight excluding hydrogens is 280 g/mol. The number of nitrogens with zero attached hydrogens (tertiary/aromatic N) is 4. The summed E-state index contributed by atoms with van der Waals surface area (Å²) in [5.74, 6) is 0.726. The second-order valence-corrected chi connectivity index (χ2v) is 5.61. The van der Waals surface area contributed by atoms with E-state index >= 15 is 0 Å². The van der Waals surface area contributed by atoms with E-state index in [1.165, 1.54) is 0 Å². The zero-order valence-electron chi connectivity index (χ0n) is 12.8. The van der Waals surface area contributed by atoms with Crippen LogP contribution >= 0.6 is 0 Å². The van der Waals surface area contributed by atoms with Gasteiger partial charge in [-0.1, -0.05) is 13.0 Å². The Kier molecular flexibility index (Phi) is 3.89. The van der Waals surface area contributed by atoms with E-state index in [-0.39, 0.29) is 5.91 Å². The van der Waals surface area contributed by atoms with E-state index in [0.717, 1.165) is 37.2 Å². The Hall–Kier alpha value is -2.28. The summed E-state index contributed by atoms with van der Waals surface area (Å²) < 4.78 is 1.64. The average Bonchev–Trinajstić information content (AvgIpc) is 3.17. The maximum Gasteiger partial charge on any atom is 0.244 e. The van der Waals surface area contributed by atoms with E-state index in [1.54, 1.807) is 4.68 Å². The number of hydrogen-bond donors (Lipinski definition) is 2. The fraction of sp³-hybridized carbons (Fsp3) is 0.467. The molecule has 1 aromatic carbocycles. The van der Waals surface area contributed by atoms with Crippen molar-refractivity contribution < 1.29 is 4.79 Å². The lowest BCUT2D eigenvalue weighted by Gasteiger charge is -2.26. The van der Waals surface area contributed by atoms with Crippen LogP contribution in [0.3, 0.4) is 0 Å². The summed E-state index contributed by atoms with van der Waals surface area (Å²) in [7, 11) is 0. The van der Waals surface area contributed by atoms with E-state index in [4.69, 9.17) is 0 Å². The monoisotopic (exact) mass is 300 g/mol. The van der Waals surface area contributed by atoms with Gasteiger partial charge < -0.3 is 10.6 Å². The van der Waals surface area contributed by atoms with Crippen molar-refractivity contribution in [2.75, 3.05) is 11.9 Å². The van der Waals surface area contributed by atoms with Gasteiger partial charge >= 0.3 is 0 Å². The number of tetrazole rings is 1. The summed E-state index contributed by atoms with van der Waals surface area (Å²) in [5, 5.41) is 17.8. The van der Waals surface area contributed by atoms with Crippen LogP contribution < -0.4 is 10.6 Å². The van der Waals surface area contributed by atoms with Gasteiger partial charge in [0.05, 0.1) is 11.2 Å². The molecule has 2 N–H and O–H groups in total. The van der Waals surface area contributed by atoms with E-state index < -0.39 is 5.54 Å². The summed E-state index contributed by atoms with van der Waals surface area (Å²) in [6.07, 6.45) is 2.69. The molecule has 2 heterocycles. The number of anilines is 1.